The molecule has 0 unspecified atom stereocenters. The first kappa shape index (κ1) is 22.4. The first-order valence-corrected chi connectivity index (χ1v) is 9.20. The Morgan fingerprint density at radius 1 is 1.29 bits per heavy atom. The van der Waals surface area contributed by atoms with E-state index in [0.717, 1.165) is 11.5 Å². The Morgan fingerprint density at radius 2 is 2.00 bits per heavy atom. The lowest BCUT2D eigenvalue weighted by atomic mass is 10.1. The molecule has 1 aromatic heterocycles. The second kappa shape index (κ2) is 10.6. The van der Waals surface area contributed by atoms with Crippen LogP contribution in [-0.4, -0.2) is 65.0 Å². The van der Waals surface area contributed by atoms with E-state index in [1.165, 1.54) is 0 Å². The van der Waals surface area contributed by atoms with E-state index in [9.17, 15) is 4.79 Å². The predicted molar refractivity (Wildman–Crippen MR) is 118 cm³/mol. The Morgan fingerprint density at radius 3 is 2.61 bits per heavy atom. The highest BCUT2D eigenvalue weighted by atomic mass is 127. The number of aryl methyl sites for hydroxylation is 1. The van der Waals surface area contributed by atoms with Gasteiger partial charge in [0.2, 0.25) is 11.8 Å². The first-order valence-electron chi connectivity index (χ1n) is 8.82. The average molecular weight is 519 g/mol. The smallest absolute Gasteiger partial charge is 0.246 e. The fraction of sp³-hybridized carbons (Fsp3) is 0.444. The van der Waals surface area contributed by atoms with Crippen LogP contribution < -0.4 is 5.32 Å². The maximum atomic E-state index is 12.5. The molecule has 28 heavy (non-hydrogen) atoms. The molecule has 1 aromatic carbocycles. The Bertz CT molecular complexity index is 820. The average Bonchev–Trinajstić information content (AvgIpc) is 3.08. The van der Waals surface area contributed by atoms with Crippen LogP contribution in [-0.2, 0) is 17.8 Å². The molecule has 1 N–H and O–H groups in total. The van der Waals surface area contributed by atoms with Gasteiger partial charge < -0.3 is 19.6 Å². The van der Waals surface area contributed by atoms with Gasteiger partial charge in [-0.25, -0.2) is 0 Å². The number of hydrogen-bond donors (Lipinski definition) is 1. The van der Waals surface area contributed by atoms with Crippen molar-refractivity contribution < 1.29 is 9.32 Å². The van der Waals surface area contributed by atoms with Crippen LogP contribution >= 0.6 is 35.6 Å². The van der Waals surface area contributed by atoms with Crippen molar-refractivity contribution in [3.63, 3.8) is 0 Å². The van der Waals surface area contributed by atoms with E-state index in [-0.39, 0.29) is 29.9 Å². The second-order valence-electron chi connectivity index (χ2n) is 6.31. The summed E-state index contributed by atoms with van der Waals surface area (Å²) < 4.78 is 5.10. The molecule has 0 spiro atoms. The molecular weight excluding hydrogens is 495 g/mol. The van der Waals surface area contributed by atoms with Crippen LogP contribution in [0.25, 0.3) is 0 Å². The minimum Gasteiger partial charge on any atom is -0.347 e. The molecule has 2 heterocycles. The van der Waals surface area contributed by atoms with E-state index >= 15 is 0 Å². The van der Waals surface area contributed by atoms with Crippen molar-refractivity contribution >= 4 is 47.4 Å². The van der Waals surface area contributed by atoms with Gasteiger partial charge in [-0.05, 0) is 24.6 Å². The number of guanidine groups is 1. The van der Waals surface area contributed by atoms with Crippen LogP contribution in [0.4, 0.5) is 0 Å². The van der Waals surface area contributed by atoms with Crippen LogP contribution in [0, 0.1) is 6.92 Å². The molecule has 1 aliphatic heterocycles. The molecule has 3 rings (SSSR count). The Hall–Kier alpha value is -1.88. The van der Waals surface area contributed by atoms with Crippen molar-refractivity contribution in [2.75, 3.05) is 33.2 Å². The van der Waals surface area contributed by atoms with Gasteiger partial charge in [0.1, 0.15) is 0 Å². The molecule has 152 valence electrons. The van der Waals surface area contributed by atoms with E-state index < -0.39 is 0 Å². The third-order valence-electron chi connectivity index (χ3n) is 4.36. The molecule has 0 saturated carbocycles. The summed E-state index contributed by atoms with van der Waals surface area (Å²) in [7, 11) is 1.73. The highest BCUT2D eigenvalue weighted by Crippen LogP contribution is 2.13. The van der Waals surface area contributed by atoms with Crippen LogP contribution in [0.3, 0.4) is 0 Å². The number of nitrogens with one attached hydrogen (secondary N) is 1. The van der Waals surface area contributed by atoms with Gasteiger partial charge in [-0.2, -0.15) is 4.98 Å². The van der Waals surface area contributed by atoms with E-state index in [4.69, 9.17) is 16.1 Å². The summed E-state index contributed by atoms with van der Waals surface area (Å²) in [6, 6.07) is 7.43. The topological polar surface area (TPSA) is 86.9 Å². The van der Waals surface area contributed by atoms with Gasteiger partial charge in [-0.3, -0.25) is 9.79 Å². The number of rotatable bonds is 4. The van der Waals surface area contributed by atoms with Gasteiger partial charge in [0, 0.05) is 38.2 Å². The van der Waals surface area contributed by atoms with E-state index in [0.29, 0.717) is 55.9 Å². The highest BCUT2D eigenvalue weighted by Gasteiger charge is 2.23. The van der Waals surface area contributed by atoms with Gasteiger partial charge in [-0.1, -0.05) is 28.9 Å². The summed E-state index contributed by atoms with van der Waals surface area (Å²) in [4.78, 5) is 25.0. The number of carbonyl (C=O) groups excluding carboxylic acids is 1. The number of aliphatic imine (C=N–C) groups is 1. The zero-order valence-corrected chi connectivity index (χ0v) is 19.0. The van der Waals surface area contributed by atoms with Gasteiger partial charge in [0.15, 0.2) is 11.8 Å². The van der Waals surface area contributed by atoms with Crippen molar-refractivity contribution in [1.29, 1.82) is 0 Å². The quantitative estimate of drug-likeness (QED) is 0.379. The lowest BCUT2D eigenvalue weighted by Crippen LogP contribution is -2.53. The predicted octanol–water partition coefficient (Wildman–Crippen LogP) is 2.11. The molecule has 0 aliphatic carbocycles. The van der Waals surface area contributed by atoms with Crippen LogP contribution in [0.15, 0.2) is 33.8 Å². The van der Waals surface area contributed by atoms with Crippen LogP contribution in [0.1, 0.15) is 17.3 Å². The van der Waals surface area contributed by atoms with E-state index in [1.54, 1.807) is 14.0 Å². The van der Waals surface area contributed by atoms with Gasteiger partial charge in [0.05, 0.1) is 13.0 Å². The second-order valence-corrected chi connectivity index (χ2v) is 6.75. The Kier molecular flexibility index (Phi) is 8.49. The largest absolute Gasteiger partial charge is 0.347 e. The van der Waals surface area contributed by atoms with Crippen molar-refractivity contribution in [2.24, 2.45) is 4.99 Å². The van der Waals surface area contributed by atoms with Crippen molar-refractivity contribution in [3.8, 4) is 0 Å². The SMILES string of the molecule is CN=C(NCc1nc(C)no1)N1CCN(C(=O)Cc2cccc(Cl)c2)CC1.I. The molecule has 2 aromatic rings. The molecule has 8 nitrogen and oxygen atoms in total. The number of benzene rings is 1. The summed E-state index contributed by atoms with van der Waals surface area (Å²) in [6.45, 7) is 4.93. The Balaban J connectivity index is 0.00000280. The molecular formula is C18H24ClIN6O2. The first-order chi connectivity index (χ1) is 13.0. The Labute approximate surface area is 186 Å². The van der Waals surface area contributed by atoms with E-state index in [1.807, 2.05) is 29.2 Å². The summed E-state index contributed by atoms with van der Waals surface area (Å²) in [6.07, 6.45) is 0.365. The third kappa shape index (κ3) is 6.06. The number of piperazine rings is 1. The molecule has 1 fully saturated rings. The van der Waals surface area contributed by atoms with Crippen molar-refractivity contribution in [3.05, 3.63) is 46.6 Å². The minimum atomic E-state index is 0. The van der Waals surface area contributed by atoms with Crippen molar-refractivity contribution in [1.82, 2.24) is 25.3 Å². The fourth-order valence-corrected chi connectivity index (χ4v) is 3.21. The van der Waals surface area contributed by atoms with Crippen molar-refractivity contribution in [2.45, 2.75) is 19.9 Å². The molecule has 1 amide bonds. The number of nitrogens with zero attached hydrogens (tertiary/aromatic N) is 5. The van der Waals surface area contributed by atoms with Gasteiger partial charge in [-0.15, -0.1) is 24.0 Å². The number of halogens is 2. The molecule has 1 saturated heterocycles. The number of carbonyl (C=O) groups is 1. The highest BCUT2D eigenvalue weighted by molar-refractivity contribution is 14.0. The molecule has 1 aliphatic rings. The van der Waals surface area contributed by atoms with Gasteiger partial charge >= 0.3 is 0 Å². The molecule has 0 atom stereocenters. The standard InChI is InChI=1S/C18H23ClN6O2.HI/c1-13-22-16(27-23-13)12-21-18(20-2)25-8-6-24(7-9-25)17(26)11-14-4-3-5-15(19)10-14;/h3-5,10H,6-9,11-12H2,1-2H3,(H,20,21);1H. The maximum Gasteiger partial charge on any atom is 0.246 e. The monoisotopic (exact) mass is 518 g/mol. The normalized spacial score (nSPS) is 14.6. The summed E-state index contributed by atoms with van der Waals surface area (Å²) in [5.41, 5.74) is 0.933. The number of amides is 1. The zero-order valence-electron chi connectivity index (χ0n) is 15.9. The molecule has 0 bridgehead atoms. The maximum absolute atomic E-state index is 12.5. The number of aromatic nitrogens is 2. The van der Waals surface area contributed by atoms with Gasteiger partial charge in [0.25, 0.3) is 0 Å². The zero-order chi connectivity index (χ0) is 19.2. The lowest BCUT2D eigenvalue weighted by Gasteiger charge is -2.36. The molecule has 0 radical (unpaired) electrons. The van der Waals surface area contributed by atoms with E-state index in [2.05, 4.69) is 25.3 Å². The minimum absolute atomic E-state index is 0. The summed E-state index contributed by atoms with van der Waals surface area (Å²) in [5.74, 6) is 1.99. The molecule has 10 heteroatoms. The lowest BCUT2D eigenvalue weighted by molar-refractivity contribution is -0.131. The third-order valence-corrected chi connectivity index (χ3v) is 4.59. The van der Waals surface area contributed by atoms with Crippen LogP contribution in [0.2, 0.25) is 5.02 Å². The van der Waals surface area contributed by atoms with Crippen LogP contribution in [0.5, 0.6) is 0 Å². The number of hydrogen-bond acceptors (Lipinski definition) is 5. The summed E-state index contributed by atoms with van der Waals surface area (Å²) >= 11 is 5.99. The summed E-state index contributed by atoms with van der Waals surface area (Å²) in [5, 5.41) is 7.64. The fourth-order valence-electron chi connectivity index (χ4n) is 3.00.